The molecule has 1 amide bonds. The topological polar surface area (TPSA) is 93.2 Å². The molecule has 8 heteroatoms. The molecule has 2 atom stereocenters. The first-order valence-electron chi connectivity index (χ1n) is 8.53. The summed E-state index contributed by atoms with van der Waals surface area (Å²) in [6.07, 6.45) is 2.64. The highest BCUT2D eigenvalue weighted by Crippen LogP contribution is 2.18. The van der Waals surface area contributed by atoms with Crippen molar-refractivity contribution in [3.63, 3.8) is 0 Å². The Morgan fingerprint density at radius 3 is 2.59 bits per heavy atom. The highest BCUT2D eigenvalue weighted by molar-refractivity contribution is 5.91. The van der Waals surface area contributed by atoms with Gasteiger partial charge in [0.05, 0.1) is 6.26 Å². The minimum absolute atomic E-state index is 0. The van der Waals surface area contributed by atoms with Crippen LogP contribution in [-0.4, -0.2) is 29.1 Å². The van der Waals surface area contributed by atoms with Crippen molar-refractivity contribution in [3.8, 4) is 0 Å². The van der Waals surface area contributed by atoms with Crippen LogP contribution in [0.1, 0.15) is 40.8 Å². The zero-order valence-corrected chi connectivity index (χ0v) is 16.0. The van der Waals surface area contributed by atoms with E-state index in [4.69, 9.17) is 8.94 Å². The molecule has 3 rings (SSSR count). The summed E-state index contributed by atoms with van der Waals surface area (Å²) in [4.78, 5) is 16.9. The number of hydrogen-bond donors (Lipinski definition) is 2. The molecule has 3 aromatic rings. The smallest absolute Gasteiger partial charge is 0.287 e. The Balaban J connectivity index is 0.00000261. The van der Waals surface area contributed by atoms with E-state index in [1.165, 1.54) is 6.26 Å². The van der Waals surface area contributed by atoms with Crippen LogP contribution in [0.5, 0.6) is 0 Å². The van der Waals surface area contributed by atoms with Crippen LogP contribution in [0.2, 0.25) is 0 Å². The largest absolute Gasteiger partial charge is 0.459 e. The molecule has 0 aliphatic heterocycles. The van der Waals surface area contributed by atoms with Gasteiger partial charge in [0, 0.05) is 18.9 Å². The Bertz CT molecular complexity index is 821. The number of rotatable bonds is 8. The molecular weight excluding hydrogens is 368 g/mol. The van der Waals surface area contributed by atoms with Crippen LogP contribution in [0.15, 0.2) is 57.7 Å². The van der Waals surface area contributed by atoms with Gasteiger partial charge in [-0.3, -0.25) is 4.79 Å². The SMILES string of the molecule is CNC(C)Cc1noc(C(Cc2ccccc2)NC(=O)c2ccco2)n1.Cl. The van der Waals surface area contributed by atoms with Crippen molar-refractivity contribution < 1.29 is 13.7 Å². The number of carbonyl (C=O) groups is 1. The Hall–Kier alpha value is -2.64. The van der Waals surface area contributed by atoms with Gasteiger partial charge in [0.1, 0.15) is 6.04 Å². The Labute approximate surface area is 163 Å². The molecule has 0 fully saturated rings. The minimum Gasteiger partial charge on any atom is -0.459 e. The fourth-order valence-corrected chi connectivity index (χ4v) is 2.55. The molecule has 144 valence electrons. The first-order chi connectivity index (χ1) is 12.7. The van der Waals surface area contributed by atoms with E-state index in [-0.39, 0.29) is 30.1 Å². The molecule has 0 radical (unpaired) electrons. The normalized spacial score (nSPS) is 12.8. The number of likely N-dealkylation sites (N-methyl/N-ethyl adjacent to an activating group) is 1. The van der Waals surface area contributed by atoms with Crippen LogP contribution >= 0.6 is 12.4 Å². The van der Waals surface area contributed by atoms with Crippen molar-refractivity contribution >= 4 is 18.3 Å². The van der Waals surface area contributed by atoms with E-state index in [0.29, 0.717) is 24.6 Å². The monoisotopic (exact) mass is 390 g/mol. The van der Waals surface area contributed by atoms with Gasteiger partial charge in [-0.2, -0.15) is 4.98 Å². The van der Waals surface area contributed by atoms with Gasteiger partial charge in [-0.15, -0.1) is 12.4 Å². The number of aromatic nitrogens is 2. The molecule has 0 aliphatic carbocycles. The van der Waals surface area contributed by atoms with Gasteiger partial charge >= 0.3 is 0 Å². The zero-order chi connectivity index (χ0) is 18.4. The quantitative estimate of drug-likeness (QED) is 0.614. The molecule has 2 N–H and O–H groups in total. The summed E-state index contributed by atoms with van der Waals surface area (Å²) < 4.78 is 10.6. The van der Waals surface area contributed by atoms with Crippen molar-refractivity contribution in [1.82, 2.24) is 20.8 Å². The van der Waals surface area contributed by atoms with Crippen LogP contribution in [0.3, 0.4) is 0 Å². The van der Waals surface area contributed by atoms with E-state index in [2.05, 4.69) is 20.8 Å². The third-order valence-electron chi connectivity index (χ3n) is 4.10. The number of nitrogens with zero attached hydrogens (tertiary/aromatic N) is 2. The van der Waals surface area contributed by atoms with E-state index in [1.54, 1.807) is 12.1 Å². The van der Waals surface area contributed by atoms with E-state index >= 15 is 0 Å². The Kier molecular flexibility index (Phi) is 7.57. The fraction of sp³-hybridized carbons (Fsp3) is 0.316. The maximum absolute atomic E-state index is 12.4. The number of amides is 1. The molecule has 1 aromatic carbocycles. The lowest BCUT2D eigenvalue weighted by Crippen LogP contribution is -2.30. The summed E-state index contributed by atoms with van der Waals surface area (Å²) in [5.74, 6) is 0.908. The van der Waals surface area contributed by atoms with Crippen LogP contribution in [0.25, 0.3) is 0 Å². The van der Waals surface area contributed by atoms with E-state index in [9.17, 15) is 4.79 Å². The number of carbonyl (C=O) groups excluding carboxylic acids is 1. The van der Waals surface area contributed by atoms with Crippen LogP contribution in [0, 0.1) is 0 Å². The lowest BCUT2D eigenvalue weighted by Gasteiger charge is -2.14. The van der Waals surface area contributed by atoms with Crippen molar-refractivity contribution in [2.45, 2.75) is 31.8 Å². The predicted octanol–water partition coefficient (Wildman–Crippen LogP) is 2.95. The molecule has 0 saturated heterocycles. The molecular formula is C19H23ClN4O3. The molecule has 0 bridgehead atoms. The number of furan rings is 1. The maximum atomic E-state index is 12.4. The Morgan fingerprint density at radius 2 is 1.93 bits per heavy atom. The molecule has 27 heavy (non-hydrogen) atoms. The standard InChI is InChI=1S/C19H22N4O3.ClH/c1-13(20-2)11-17-22-19(26-23-17)15(12-14-7-4-3-5-8-14)21-18(24)16-9-6-10-25-16;/h3-10,13,15,20H,11-12H2,1-2H3,(H,21,24);1H. The summed E-state index contributed by atoms with van der Waals surface area (Å²) in [5.41, 5.74) is 1.06. The zero-order valence-electron chi connectivity index (χ0n) is 15.2. The molecule has 7 nitrogen and oxygen atoms in total. The average Bonchev–Trinajstić information content (AvgIpc) is 3.34. The van der Waals surface area contributed by atoms with Gasteiger partial charge in [0.25, 0.3) is 5.91 Å². The number of hydrogen-bond acceptors (Lipinski definition) is 6. The lowest BCUT2D eigenvalue weighted by molar-refractivity contribution is 0.0900. The van der Waals surface area contributed by atoms with Gasteiger partial charge in [0.2, 0.25) is 5.89 Å². The van der Waals surface area contributed by atoms with Crippen molar-refractivity contribution in [2.75, 3.05) is 7.05 Å². The van der Waals surface area contributed by atoms with E-state index in [1.807, 2.05) is 44.3 Å². The fourth-order valence-electron chi connectivity index (χ4n) is 2.55. The first-order valence-corrected chi connectivity index (χ1v) is 8.53. The first kappa shape index (κ1) is 20.7. The van der Waals surface area contributed by atoms with Crippen molar-refractivity contribution in [1.29, 1.82) is 0 Å². The predicted molar refractivity (Wildman–Crippen MR) is 103 cm³/mol. The molecule has 0 spiro atoms. The highest BCUT2D eigenvalue weighted by Gasteiger charge is 2.23. The van der Waals surface area contributed by atoms with E-state index in [0.717, 1.165) is 5.56 Å². The maximum Gasteiger partial charge on any atom is 0.287 e. The van der Waals surface area contributed by atoms with Crippen molar-refractivity contribution in [3.05, 3.63) is 71.8 Å². The lowest BCUT2D eigenvalue weighted by atomic mass is 10.1. The molecule has 2 aromatic heterocycles. The summed E-state index contributed by atoms with van der Waals surface area (Å²) in [5, 5.41) is 10.1. The third kappa shape index (κ3) is 5.67. The summed E-state index contributed by atoms with van der Waals surface area (Å²) in [6.45, 7) is 2.04. The summed E-state index contributed by atoms with van der Waals surface area (Å²) in [6, 6.07) is 12.9. The summed E-state index contributed by atoms with van der Waals surface area (Å²) in [7, 11) is 1.88. The molecule has 2 heterocycles. The second-order valence-electron chi connectivity index (χ2n) is 6.14. The average molecular weight is 391 g/mol. The van der Waals surface area contributed by atoms with Gasteiger partial charge in [-0.05, 0) is 31.7 Å². The number of halogens is 1. The third-order valence-corrected chi connectivity index (χ3v) is 4.10. The van der Waals surface area contributed by atoms with Crippen LogP contribution in [-0.2, 0) is 12.8 Å². The van der Waals surface area contributed by atoms with Gasteiger partial charge in [0.15, 0.2) is 11.6 Å². The van der Waals surface area contributed by atoms with Gasteiger partial charge in [-0.25, -0.2) is 0 Å². The number of benzene rings is 1. The van der Waals surface area contributed by atoms with Crippen molar-refractivity contribution in [2.24, 2.45) is 0 Å². The summed E-state index contributed by atoms with van der Waals surface area (Å²) >= 11 is 0. The molecule has 0 aliphatic rings. The highest BCUT2D eigenvalue weighted by atomic mass is 35.5. The van der Waals surface area contributed by atoms with Crippen LogP contribution in [0.4, 0.5) is 0 Å². The molecule has 0 saturated carbocycles. The number of nitrogens with one attached hydrogen (secondary N) is 2. The second-order valence-corrected chi connectivity index (χ2v) is 6.14. The van der Waals surface area contributed by atoms with Crippen LogP contribution < -0.4 is 10.6 Å². The minimum atomic E-state index is -0.443. The van der Waals surface area contributed by atoms with E-state index < -0.39 is 6.04 Å². The van der Waals surface area contributed by atoms with Gasteiger partial charge < -0.3 is 19.6 Å². The van der Waals surface area contributed by atoms with Gasteiger partial charge in [-0.1, -0.05) is 35.5 Å². The Morgan fingerprint density at radius 1 is 1.15 bits per heavy atom. The molecule has 2 unspecified atom stereocenters. The second kappa shape index (κ2) is 9.89.